The average Bonchev–Trinajstić information content (AvgIpc) is 2.97. The Balaban J connectivity index is 1.53. The van der Waals surface area contributed by atoms with E-state index in [1.54, 1.807) is 0 Å². The number of benzene rings is 1. The summed E-state index contributed by atoms with van der Waals surface area (Å²) >= 11 is 0. The molecule has 1 N–H and O–H groups in total. The predicted octanol–water partition coefficient (Wildman–Crippen LogP) is 2.32. The maximum atomic E-state index is 5.78. The second-order valence-electron chi connectivity index (χ2n) is 5.58. The summed E-state index contributed by atoms with van der Waals surface area (Å²) in [5.41, 5.74) is 1.38. The van der Waals surface area contributed by atoms with E-state index in [9.17, 15) is 0 Å². The van der Waals surface area contributed by atoms with Gasteiger partial charge in [-0.15, -0.1) is 0 Å². The molecule has 1 aromatic carbocycles. The Morgan fingerprint density at radius 1 is 1.39 bits per heavy atom. The third-order valence-corrected chi connectivity index (χ3v) is 3.99. The Hall–Kier alpha value is -1.06. The zero-order chi connectivity index (χ0) is 12.4. The number of hydrogen-bond acceptors (Lipinski definition) is 3. The fourth-order valence-electron chi connectivity index (χ4n) is 2.89. The molecule has 3 heteroatoms. The summed E-state index contributed by atoms with van der Waals surface area (Å²) in [4.78, 5) is 0. The van der Waals surface area contributed by atoms with E-state index >= 15 is 0 Å². The summed E-state index contributed by atoms with van der Waals surface area (Å²) < 4.78 is 11.5. The minimum Gasteiger partial charge on any atom is -0.493 e. The summed E-state index contributed by atoms with van der Waals surface area (Å²) in [5, 5.41) is 3.55. The van der Waals surface area contributed by atoms with Crippen molar-refractivity contribution in [3.05, 3.63) is 29.8 Å². The van der Waals surface area contributed by atoms with Crippen molar-refractivity contribution in [1.29, 1.82) is 0 Å². The van der Waals surface area contributed by atoms with Crippen molar-refractivity contribution in [2.75, 3.05) is 26.3 Å². The molecule has 0 amide bonds. The van der Waals surface area contributed by atoms with Crippen LogP contribution in [0, 0.1) is 0 Å². The van der Waals surface area contributed by atoms with Crippen molar-refractivity contribution in [3.8, 4) is 5.75 Å². The molecule has 2 aliphatic heterocycles. The lowest BCUT2D eigenvalue weighted by Gasteiger charge is -2.24. The average molecular weight is 247 g/mol. The van der Waals surface area contributed by atoms with E-state index in [0.29, 0.717) is 5.92 Å². The van der Waals surface area contributed by atoms with E-state index in [2.05, 4.69) is 30.4 Å². The molecular weight excluding hydrogens is 226 g/mol. The Kier molecular flexibility index (Phi) is 3.27. The zero-order valence-corrected chi connectivity index (χ0v) is 10.9. The van der Waals surface area contributed by atoms with Gasteiger partial charge >= 0.3 is 0 Å². The number of fused-ring (bicyclic) bond motifs is 1. The van der Waals surface area contributed by atoms with Crippen molar-refractivity contribution in [2.45, 2.75) is 31.3 Å². The van der Waals surface area contributed by atoms with Crippen LogP contribution in [0.4, 0.5) is 0 Å². The zero-order valence-electron chi connectivity index (χ0n) is 10.9. The van der Waals surface area contributed by atoms with Crippen LogP contribution >= 0.6 is 0 Å². The van der Waals surface area contributed by atoms with Crippen molar-refractivity contribution in [2.24, 2.45) is 0 Å². The first-order valence-electron chi connectivity index (χ1n) is 6.83. The Bertz CT molecular complexity index is 413. The molecule has 1 aromatic rings. The summed E-state index contributed by atoms with van der Waals surface area (Å²) in [6.07, 6.45) is 2.35. The SMILES string of the molecule is CC1(CNCC2COc3ccccc32)CCCO1. The van der Waals surface area contributed by atoms with E-state index in [1.807, 2.05) is 6.07 Å². The Morgan fingerprint density at radius 2 is 2.28 bits per heavy atom. The van der Waals surface area contributed by atoms with Crippen molar-refractivity contribution in [1.82, 2.24) is 5.32 Å². The topological polar surface area (TPSA) is 30.5 Å². The van der Waals surface area contributed by atoms with E-state index in [4.69, 9.17) is 9.47 Å². The highest BCUT2D eigenvalue weighted by Gasteiger charge is 2.30. The van der Waals surface area contributed by atoms with Crippen molar-refractivity contribution < 1.29 is 9.47 Å². The van der Waals surface area contributed by atoms with Gasteiger partial charge in [0, 0.05) is 31.2 Å². The highest BCUT2D eigenvalue weighted by Crippen LogP contribution is 2.33. The number of nitrogens with one attached hydrogen (secondary N) is 1. The molecule has 0 aliphatic carbocycles. The normalized spacial score (nSPS) is 30.2. The molecule has 2 heterocycles. The second-order valence-corrected chi connectivity index (χ2v) is 5.58. The lowest BCUT2D eigenvalue weighted by molar-refractivity contribution is 0.0207. The fraction of sp³-hybridized carbons (Fsp3) is 0.600. The van der Waals surface area contributed by atoms with E-state index in [0.717, 1.165) is 38.5 Å². The van der Waals surface area contributed by atoms with E-state index in [-0.39, 0.29) is 5.60 Å². The van der Waals surface area contributed by atoms with Crippen LogP contribution in [0.25, 0.3) is 0 Å². The van der Waals surface area contributed by atoms with Crippen LogP contribution in [0.2, 0.25) is 0 Å². The molecule has 0 spiro atoms. The number of hydrogen-bond donors (Lipinski definition) is 1. The van der Waals surface area contributed by atoms with Gasteiger partial charge in [-0.2, -0.15) is 0 Å². The highest BCUT2D eigenvalue weighted by molar-refractivity contribution is 5.39. The molecule has 0 aromatic heterocycles. The molecule has 2 aliphatic rings. The van der Waals surface area contributed by atoms with Gasteiger partial charge in [0.15, 0.2) is 0 Å². The molecule has 0 bridgehead atoms. The molecule has 18 heavy (non-hydrogen) atoms. The molecule has 3 rings (SSSR count). The fourth-order valence-corrected chi connectivity index (χ4v) is 2.89. The summed E-state index contributed by atoms with van der Waals surface area (Å²) in [7, 11) is 0. The minimum absolute atomic E-state index is 0.0407. The number of rotatable bonds is 4. The van der Waals surface area contributed by atoms with Crippen LogP contribution in [0.15, 0.2) is 24.3 Å². The second kappa shape index (κ2) is 4.90. The molecule has 2 atom stereocenters. The molecule has 2 unspecified atom stereocenters. The quantitative estimate of drug-likeness (QED) is 0.885. The molecule has 1 saturated heterocycles. The van der Waals surface area contributed by atoms with Gasteiger partial charge in [-0.05, 0) is 25.8 Å². The van der Waals surface area contributed by atoms with Crippen LogP contribution in [0.1, 0.15) is 31.2 Å². The summed E-state index contributed by atoms with van der Waals surface area (Å²) in [5.74, 6) is 1.53. The first kappa shape index (κ1) is 12.0. The van der Waals surface area contributed by atoms with Crippen molar-refractivity contribution >= 4 is 0 Å². The van der Waals surface area contributed by atoms with Gasteiger partial charge in [-0.25, -0.2) is 0 Å². The van der Waals surface area contributed by atoms with Crippen LogP contribution in [0.5, 0.6) is 5.75 Å². The van der Waals surface area contributed by atoms with Gasteiger partial charge in [0.2, 0.25) is 0 Å². The number of ether oxygens (including phenoxy) is 2. The Labute approximate surface area is 108 Å². The van der Waals surface area contributed by atoms with Gasteiger partial charge in [-0.1, -0.05) is 18.2 Å². The maximum absolute atomic E-state index is 5.78. The molecule has 3 nitrogen and oxygen atoms in total. The Morgan fingerprint density at radius 3 is 3.11 bits per heavy atom. The summed E-state index contributed by atoms with van der Waals surface area (Å²) in [6, 6.07) is 8.34. The van der Waals surface area contributed by atoms with Gasteiger partial charge < -0.3 is 14.8 Å². The van der Waals surface area contributed by atoms with Crippen LogP contribution in [-0.4, -0.2) is 31.9 Å². The summed E-state index contributed by atoms with van der Waals surface area (Å²) in [6.45, 7) is 5.81. The molecule has 98 valence electrons. The molecule has 0 saturated carbocycles. The lowest BCUT2D eigenvalue weighted by atomic mass is 10.00. The smallest absolute Gasteiger partial charge is 0.122 e. The maximum Gasteiger partial charge on any atom is 0.122 e. The molecule has 0 radical (unpaired) electrons. The predicted molar refractivity (Wildman–Crippen MR) is 71.1 cm³/mol. The standard InChI is InChI=1S/C15H21NO2/c1-15(7-4-8-18-15)11-16-9-12-10-17-14-6-3-2-5-13(12)14/h2-3,5-6,12,16H,4,7-11H2,1H3. The molecular formula is C15H21NO2. The van der Waals surface area contributed by atoms with Gasteiger partial charge in [0.1, 0.15) is 5.75 Å². The van der Waals surface area contributed by atoms with Crippen molar-refractivity contribution in [3.63, 3.8) is 0 Å². The van der Waals surface area contributed by atoms with Crippen LogP contribution in [0.3, 0.4) is 0 Å². The number of para-hydroxylation sites is 1. The minimum atomic E-state index is 0.0407. The highest BCUT2D eigenvalue weighted by atomic mass is 16.5. The lowest BCUT2D eigenvalue weighted by Crippen LogP contribution is -2.39. The van der Waals surface area contributed by atoms with Crippen LogP contribution < -0.4 is 10.1 Å². The first-order valence-corrected chi connectivity index (χ1v) is 6.83. The largest absolute Gasteiger partial charge is 0.493 e. The third-order valence-electron chi connectivity index (χ3n) is 3.99. The van der Waals surface area contributed by atoms with E-state index < -0.39 is 0 Å². The van der Waals surface area contributed by atoms with E-state index in [1.165, 1.54) is 12.0 Å². The molecule has 1 fully saturated rings. The van der Waals surface area contributed by atoms with Crippen LogP contribution in [-0.2, 0) is 4.74 Å². The third kappa shape index (κ3) is 2.38. The first-order chi connectivity index (χ1) is 8.77. The van der Waals surface area contributed by atoms with Gasteiger partial charge in [-0.3, -0.25) is 0 Å². The monoisotopic (exact) mass is 247 g/mol. The van der Waals surface area contributed by atoms with Gasteiger partial charge in [0.25, 0.3) is 0 Å². The van der Waals surface area contributed by atoms with Gasteiger partial charge in [0.05, 0.1) is 12.2 Å².